The van der Waals surface area contributed by atoms with Crippen molar-refractivity contribution in [1.82, 2.24) is 0 Å². The quantitative estimate of drug-likeness (QED) is 0.853. The molecule has 1 atom stereocenters. The largest absolute Gasteiger partial charge is 0.497 e. The number of nitrogens with zero attached hydrogens (tertiary/aromatic N) is 1. The third-order valence-electron chi connectivity index (χ3n) is 2.55. The number of hydrogen-bond donors (Lipinski definition) is 1. The van der Waals surface area contributed by atoms with E-state index in [2.05, 4.69) is 0 Å². The fourth-order valence-electron chi connectivity index (χ4n) is 1.76. The SMILES string of the molecule is COc1ccc(N2CC(O)CC2=O)c(Cl)c1. The number of benzene rings is 1. The van der Waals surface area contributed by atoms with E-state index in [1.54, 1.807) is 25.3 Å². The van der Waals surface area contributed by atoms with E-state index < -0.39 is 6.10 Å². The third-order valence-corrected chi connectivity index (χ3v) is 2.85. The predicted octanol–water partition coefficient (Wildman–Crippen LogP) is 1.45. The highest BCUT2D eigenvalue weighted by atomic mass is 35.5. The normalized spacial score (nSPS) is 20.3. The average molecular weight is 242 g/mol. The van der Waals surface area contributed by atoms with Crippen LogP contribution >= 0.6 is 11.6 Å². The molecule has 1 fully saturated rings. The van der Waals surface area contributed by atoms with Gasteiger partial charge in [-0.25, -0.2) is 0 Å². The standard InChI is InChI=1S/C11H12ClNO3/c1-16-8-2-3-10(9(12)5-8)13-6-7(14)4-11(13)15/h2-3,5,7,14H,4,6H2,1H3. The van der Waals surface area contributed by atoms with Gasteiger partial charge in [0.2, 0.25) is 5.91 Å². The molecule has 1 amide bonds. The van der Waals surface area contributed by atoms with Gasteiger partial charge < -0.3 is 14.7 Å². The maximum absolute atomic E-state index is 11.6. The first kappa shape index (κ1) is 11.2. The van der Waals surface area contributed by atoms with E-state index in [-0.39, 0.29) is 12.3 Å². The third kappa shape index (κ3) is 1.99. The molecule has 5 heteroatoms. The zero-order chi connectivity index (χ0) is 11.7. The van der Waals surface area contributed by atoms with Crippen molar-refractivity contribution < 1.29 is 14.6 Å². The van der Waals surface area contributed by atoms with Gasteiger partial charge in [0.25, 0.3) is 0 Å². The zero-order valence-corrected chi connectivity index (χ0v) is 9.57. The molecule has 1 aromatic carbocycles. The lowest BCUT2D eigenvalue weighted by Gasteiger charge is -2.17. The fraction of sp³-hybridized carbons (Fsp3) is 0.364. The molecular formula is C11H12ClNO3. The highest BCUT2D eigenvalue weighted by molar-refractivity contribution is 6.34. The van der Waals surface area contributed by atoms with Crippen molar-refractivity contribution in [3.8, 4) is 5.75 Å². The Labute approximate surface area is 98.4 Å². The van der Waals surface area contributed by atoms with Crippen LogP contribution in [0.5, 0.6) is 5.75 Å². The molecule has 1 aromatic rings. The molecule has 1 unspecified atom stereocenters. The summed E-state index contributed by atoms with van der Waals surface area (Å²) >= 11 is 6.05. The summed E-state index contributed by atoms with van der Waals surface area (Å²) in [6, 6.07) is 5.10. The number of methoxy groups -OCH3 is 1. The summed E-state index contributed by atoms with van der Waals surface area (Å²) < 4.78 is 5.02. The summed E-state index contributed by atoms with van der Waals surface area (Å²) in [5.41, 5.74) is 0.615. The first-order chi connectivity index (χ1) is 7.61. The minimum atomic E-state index is -0.606. The second-order valence-electron chi connectivity index (χ2n) is 3.68. The van der Waals surface area contributed by atoms with E-state index in [0.717, 1.165) is 0 Å². The molecule has 1 N–H and O–H groups in total. The van der Waals surface area contributed by atoms with Crippen molar-refractivity contribution in [3.63, 3.8) is 0 Å². The van der Waals surface area contributed by atoms with Crippen molar-refractivity contribution in [2.45, 2.75) is 12.5 Å². The molecule has 16 heavy (non-hydrogen) atoms. The maximum atomic E-state index is 11.6. The summed E-state index contributed by atoms with van der Waals surface area (Å²) in [6.07, 6.45) is -0.451. The number of hydrogen-bond acceptors (Lipinski definition) is 3. The maximum Gasteiger partial charge on any atom is 0.229 e. The van der Waals surface area contributed by atoms with Crippen LogP contribution in [0.2, 0.25) is 5.02 Å². The lowest BCUT2D eigenvalue weighted by atomic mass is 10.3. The van der Waals surface area contributed by atoms with Crippen LogP contribution < -0.4 is 9.64 Å². The number of ether oxygens (including phenoxy) is 1. The van der Waals surface area contributed by atoms with Gasteiger partial charge in [0.05, 0.1) is 36.9 Å². The van der Waals surface area contributed by atoms with E-state index in [0.29, 0.717) is 23.0 Å². The van der Waals surface area contributed by atoms with Crippen LogP contribution in [-0.2, 0) is 4.79 Å². The Morgan fingerprint density at radius 3 is 2.81 bits per heavy atom. The summed E-state index contributed by atoms with van der Waals surface area (Å²) in [5, 5.41) is 9.84. The van der Waals surface area contributed by atoms with Gasteiger partial charge in [0.1, 0.15) is 5.75 Å². The van der Waals surface area contributed by atoms with Gasteiger partial charge in [-0.1, -0.05) is 11.6 Å². The number of anilines is 1. The fourth-order valence-corrected chi connectivity index (χ4v) is 2.03. The summed E-state index contributed by atoms with van der Waals surface area (Å²) in [4.78, 5) is 13.1. The van der Waals surface area contributed by atoms with E-state index in [1.165, 1.54) is 4.90 Å². The van der Waals surface area contributed by atoms with E-state index in [9.17, 15) is 9.90 Å². The molecule has 0 aromatic heterocycles. The number of carbonyl (C=O) groups excluding carboxylic acids is 1. The minimum Gasteiger partial charge on any atom is -0.497 e. The van der Waals surface area contributed by atoms with Crippen LogP contribution in [0.3, 0.4) is 0 Å². The highest BCUT2D eigenvalue weighted by Gasteiger charge is 2.30. The molecule has 0 saturated carbocycles. The average Bonchev–Trinajstić information content (AvgIpc) is 2.57. The van der Waals surface area contributed by atoms with E-state index in [1.807, 2.05) is 0 Å². The summed E-state index contributed by atoms with van der Waals surface area (Å²) in [7, 11) is 1.55. The van der Waals surface area contributed by atoms with Crippen molar-refractivity contribution in [3.05, 3.63) is 23.2 Å². The Morgan fingerprint density at radius 2 is 2.31 bits per heavy atom. The molecule has 0 radical (unpaired) electrons. The molecular weight excluding hydrogens is 230 g/mol. The molecule has 86 valence electrons. The van der Waals surface area contributed by atoms with Gasteiger partial charge >= 0.3 is 0 Å². The van der Waals surface area contributed by atoms with Crippen molar-refractivity contribution in [2.75, 3.05) is 18.6 Å². The first-order valence-electron chi connectivity index (χ1n) is 4.94. The number of amides is 1. The number of halogens is 1. The Morgan fingerprint density at radius 1 is 1.56 bits per heavy atom. The number of rotatable bonds is 2. The van der Waals surface area contributed by atoms with E-state index in [4.69, 9.17) is 16.3 Å². The molecule has 0 aliphatic carbocycles. The van der Waals surface area contributed by atoms with Gasteiger partial charge in [-0.3, -0.25) is 4.79 Å². The lowest BCUT2D eigenvalue weighted by Crippen LogP contribution is -2.25. The van der Waals surface area contributed by atoms with Crippen LogP contribution in [0.1, 0.15) is 6.42 Å². The Kier molecular flexibility index (Phi) is 3.03. The van der Waals surface area contributed by atoms with Crippen LogP contribution in [0, 0.1) is 0 Å². The van der Waals surface area contributed by atoms with Gasteiger partial charge in [0, 0.05) is 6.07 Å². The van der Waals surface area contributed by atoms with Crippen LogP contribution in [0.4, 0.5) is 5.69 Å². The van der Waals surface area contributed by atoms with Crippen molar-refractivity contribution >= 4 is 23.2 Å². The molecule has 2 rings (SSSR count). The van der Waals surface area contributed by atoms with Crippen molar-refractivity contribution in [1.29, 1.82) is 0 Å². The number of aliphatic hydroxyl groups excluding tert-OH is 1. The molecule has 1 saturated heterocycles. The molecule has 0 bridgehead atoms. The Bertz CT molecular complexity index is 422. The molecule has 1 aliphatic heterocycles. The van der Waals surface area contributed by atoms with Crippen LogP contribution in [0.25, 0.3) is 0 Å². The minimum absolute atomic E-state index is 0.112. The van der Waals surface area contributed by atoms with Crippen molar-refractivity contribution in [2.24, 2.45) is 0 Å². The van der Waals surface area contributed by atoms with Gasteiger partial charge in [-0.15, -0.1) is 0 Å². The zero-order valence-electron chi connectivity index (χ0n) is 8.81. The van der Waals surface area contributed by atoms with Crippen LogP contribution in [0.15, 0.2) is 18.2 Å². The lowest BCUT2D eigenvalue weighted by molar-refractivity contribution is -0.117. The second-order valence-corrected chi connectivity index (χ2v) is 4.09. The second kappa shape index (κ2) is 4.31. The predicted molar refractivity (Wildman–Crippen MR) is 61.0 cm³/mol. The van der Waals surface area contributed by atoms with Gasteiger partial charge in [0.15, 0.2) is 0 Å². The van der Waals surface area contributed by atoms with Gasteiger partial charge in [-0.05, 0) is 12.1 Å². The summed E-state index contributed by atoms with van der Waals surface area (Å²) in [6.45, 7) is 0.297. The van der Waals surface area contributed by atoms with Crippen LogP contribution in [-0.4, -0.2) is 30.8 Å². The summed E-state index contributed by atoms with van der Waals surface area (Å²) in [5.74, 6) is 0.528. The molecule has 1 heterocycles. The number of carbonyl (C=O) groups is 1. The van der Waals surface area contributed by atoms with E-state index >= 15 is 0 Å². The number of aliphatic hydroxyl groups is 1. The highest BCUT2D eigenvalue weighted by Crippen LogP contribution is 2.32. The Balaban J connectivity index is 2.30. The smallest absolute Gasteiger partial charge is 0.229 e. The monoisotopic (exact) mass is 241 g/mol. The molecule has 1 aliphatic rings. The molecule has 4 nitrogen and oxygen atoms in total. The first-order valence-corrected chi connectivity index (χ1v) is 5.31. The topological polar surface area (TPSA) is 49.8 Å². The van der Waals surface area contributed by atoms with Gasteiger partial charge in [-0.2, -0.15) is 0 Å². The Hall–Kier alpha value is -1.26. The molecule has 0 spiro atoms. The number of β-amino-alcohol motifs (C(OH)–C–C–N with tert-alkyl or cyclic N) is 1.